The Bertz CT molecular complexity index is 711. The molecule has 0 heterocycles. The van der Waals surface area contributed by atoms with Crippen LogP contribution in [0.15, 0.2) is 23.1 Å². The van der Waals surface area contributed by atoms with Crippen molar-refractivity contribution < 1.29 is 27.9 Å². The standard InChI is InChI=1S/C16H23NO6S/c1-10(2)8-12(15(18)19)9-17-24(21,22)14-7-5-6-13(11(14)3)16(20)23-4/h5-7,10,12,17H,8-9H2,1-4H3,(H,18,19). The van der Waals surface area contributed by atoms with Crippen LogP contribution in [0.2, 0.25) is 0 Å². The Kier molecular flexibility index (Phi) is 6.92. The van der Waals surface area contributed by atoms with Crippen molar-refractivity contribution in [3.05, 3.63) is 29.3 Å². The Balaban J connectivity index is 3.05. The minimum absolute atomic E-state index is 0.0703. The molecule has 24 heavy (non-hydrogen) atoms. The van der Waals surface area contributed by atoms with E-state index in [-0.39, 0.29) is 28.5 Å². The van der Waals surface area contributed by atoms with Crippen LogP contribution in [-0.4, -0.2) is 39.1 Å². The Hall–Kier alpha value is -1.93. The minimum atomic E-state index is -3.94. The Morgan fingerprint density at radius 1 is 1.29 bits per heavy atom. The van der Waals surface area contributed by atoms with Gasteiger partial charge in [0.15, 0.2) is 0 Å². The zero-order valence-electron chi connectivity index (χ0n) is 14.2. The van der Waals surface area contributed by atoms with Gasteiger partial charge in [0.1, 0.15) is 0 Å². The van der Waals surface area contributed by atoms with Crippen LogP contribution < -0.4 is 4.72 Å². The lowest BCUT2D eigenvalue weighted by atomic mass is 9.98. The molecule has 0 aliphatic heterocycles. The molecule has 1 unspecified atom stereocenters. The SMILES string of the molecule is COC(=O)c1cccc(S(=O)(=O)NCC(CC(C)C)C(=O)O)c1C. The van der Waals surface area contributed by atoms with Gasteiger partial charge in [0, 0.05) is 6.54 Å². The van der Waals surface area contributed by atoms with Crippen LogP contribution >= 0.6 is 0 Å². The first-order valence-electron chi connectivity index (χ1n) is 7.50. The van der Waals surface area contributed by atoms with Crippen molar-refractivity contribution in [2.45, 2.75) is 32.1 Å². The van der Waals surface area contributed by atoms with E-state index in [2.05, 4.69) is 9.46 Å². The number of carbonyl (C=O) groups is 2. The molecule has 0 bridgehead atoms. The lowest BCUT2D eigenvalue weighted by Gasteiger charge is -2.16. The highest BCUT2D eigenvalue weighted by Crippen LogP contribution is 2.20. The summed E-state index contributed by atoms with van der Waals surface area (Å²) in [4.78, 5) is 22.8. The van der Waals surface area contributed by atoms with Gasteiger partial charge < -0.3 is 9.84 Å². The van der Waals surface area contributed by atoms with Crippen molar-refractivity contribution in [1.29, 1.82) is 0 Å². The number of esters is 1. The van der Waals surface area contributed by atoms with Crippen LogP contribution in [0.5, 0.6) is 0 Å². The van der Waals surface area contributed by atoms with Crippen molar-refractivity contribution >= 4 is 22.0 Å². The molecule has 0 saturated heterocycles. The van der Waals surface area contributed by atoms with Gasteiger partial charge in [0.25, 0.3) is 0 Å². The molecule has 1 rings (SSSR count). The van der Waals surface area contributed by atoms with Crippen molar-refractivity contribution in [2.75, 3.05) is 13.7 Å². The largest absolute Gasteiger partial charge is 0.481 e. The molecule has 0 spiro atoms. The number of aliphatic carboxylic acids is 1. The molecule has 7 nitrogen and oxygen atoms in total. The van der Waals surface area contributed by atoms with E-state index in [1.165, 1.54) is 32.2 Å². The van der Waals surface area contributed by atoms with E-state index in [0.717, 1.165) is 0 Å². The van der Waals surface area contributed by atoms with E-state index in [0.29, 0.717) is 6.42 Å². The fraction of sp³-hybridized carbons (Fsp3) is 0.500. The van der Waals surface area contributed by atoms with Gasteiger partial charge in [0.2, 0.25) is 10.0 Å². The minimum Gasteiger partial charge on any atom is -0.481 e. The average Bonchev–Trinajstić information content (AvgIpc) is 2.50. The number of rotatable bonds is 8. The number of carboxylic acid groups (broad SMARTS) is 1. The molecular formula is C16H23NO6S. The number of carbonyl (C=O) groups excluding carboxylic acids is 1. The number of benzene rings is 1. The normalized spacial score (nSPS) is 12.9. The average molecular weight is 357 g/mol. The lowest BCUT2D eigenvalue weighted by Crippen LogP contribution is -2.34. The number of nitrogens with one attached hydrogen (secondary N) is 1. The van der Waals surface area contributed by atoms with Crippen LogP contribution in [0.4, 0.5) is 0 Å². The number of sulfonamides is 1. The second-order valence-corrected chi connectivity index (χ2v) is 7.67. The maximum Gasteiger partial charge on any atom is 0.338 e. The van der Waals surface area contributed by atoms with Crippen LogP contribution in [-0.2, 0) is 19.6 Å². The molecule has 0 amide bonds. The quantitative estimate of drug-likeness (QED) is 0.687. The third kappa shape index (κ3) is 5.04. The number of hydrogen-bond donors (Lipinski definition) is 2. The van der Waals surface area contributed by atoms with E-state index >= 15 is 0 Å². The molecule has 0 fully saturated rings. The van der Waals surface area contributed by atoms with E-state index in [1.54, 1.807) is 0 Å². The number of ether oxygens (including phenoxy) is 1. The monoisotopic (exact) mass is 357 g/mol. The maximum atomic E-state index is 12.5. The second-order valence-electron chi connectivity index (χ2n) is 5.94. The summed E-state index contributed by atoms with van der Waals surface area (Å²) in [6.07, 6.45) is 0.360. The van der Waals surface area contributed by atoms with Crippen LogP contribution in [0.25, 0.3) is 0 Å². The van der Waals surface area contributed by atoms with Gasteiger partial charge in [-0.05, 0) is 37.0 Å². The molecule has 0 aliphatic carbocycles. The summed E-state index contributed by atoms with van der Waals surface area (Å²) in [6.45, 7) is 5.03. The number of carboxylic acids is 1. The molecule has 1 aromatic carbocycles. The summed E-state index contributed by atoms with van der Waals surface area (Å²) >= 11 is 0. The third-order valence-electron chi connectivity index (χ3n) is 3.60. The van der Waals surface area contributed by atoms with Gasteiger partial charge in [-0.3, -0.25) is 4.79 Å². The predicted octanol–water partition coefficient (Wildman–Crippen LogP) is 1.81. The molecule has 0 aromatic heterocycles. The number of hydrogen-bond acceptors (Lipinski definition) is 5. The Morgan fingerprint density at radius 2 is 1.92 bits per heavy atom. The second kappa shape index (κ2) is 8.25. The predicted molar refractivity (Wildman–Crippen MR) is 88.3 cm³/mol. The van der Waals surface area contributed by atoms with Gasteiger partial charge >= 0.3 is 11.9 Å². The highest BCUT2D eigenvalue weighted by atomic mass is 32.2. The maximum absolute atomic E-state index is 12.5. The van der Waals surface area contributed by atoms with Crippen LogP contribution in [0.1, 0.15) is 36.2 Å². The first kappa shape index (κ1) is 20.1. The molecule has 134 valence electrons. The van der Waals surface area contributed by atoms with E-state index in [1.807, 2.05) is 13.8 Å². The molecule has 8 heteroatoms. The summed E-state index contributed by atoms with van der Waals surface area (Å²) in [5.74, 6) is -2.37. The van der Waals surface area contributed by atoms with E-state index < -0.39 is 27.9 Å². The van der Waals surface area contributed by atoms with Gasteiger partial charge in [-0.25, -0.2) is 17.9 Å². The third-order valence-corrected chi connectivity index (χ3v) is 5.17. The van der Waals surface area contributed by atoms with Crippen molar-refractivity contribution in [3.63, 3.8) is 0 Å². The topological polar surface area (TPSA) is 110 Å². The fourth-order valence-corrected chi connectivity index (χ4v) is 3.71. The highest BCUT2D eigenvalue weighted by molar-refractivity contribution is 7.89. The van der Waals surface area contributed by atoms with Gasteiger partial charge in [-0.15, -0.1) is 0 Å². The summed E-state index contributed by atoms with van der Waals surface area (Å²) in [7, 11) is -2.73. The van der Waals surface area contributed by atoms with Crippen LogP contribution in [0.3, 0.4) is 0 Å². The molecule has 2 N–H and O–H groups in total. The van der Waals surface area contributed by atoms with Gasteiger partial charge in [0.05, 0.1) is 23.5 Å². The molecule has 0 radical (unpaired) electrons. The Labute approximate surface area is 142 Å². The first-order chi connectivity index (χ1) is 11.1. The summed E-state index contributed by atoms with van der Waals surface area (Å²) < 4.78 is 31.9. The molecule has 1 atom stereocenters. The van der Waals surface area contributed by atoms with Crippen LogP contribution in [0, 0.1) is 18.8 Å². The lowest BCUT2D eigenvalue weighted by molar-refractivity contribution is -0.142. The van der Waals surface area contributed by atoms with Crippen molar-refractivity contribution in [2.24, 2.45) is 11.8 Å². The van der Waals surface area contributed by atoms with Crippen molar-refractivity contribution in [3.8, 4) is 0 Å². The van der Waals surface area contributed by atoms with E-state index in [9.17, 15) is 23.1 Å². The smallest absolute Gasteiger partial charge is 0.338 e. The van der Waals surface area contributed by atoms with Gasteiger partial charge in [-0.2, -0.15) is 0 Å². The molecular weight excluding hydrogens is 334 g/mol. The number of methoxy groups -OCH3 is 1. The van der Waals surface area contributed by atoms with E-state index in [4.69, 9.17) is 0 Å². The first-order valence-corrected chi connectivity index (χ1v) is 8.98. The summed E-state index contributed by atoms with van der Waals surface area (Å²) in [5, 5.41) is 9.20. The fourth-order valence-electron chi connectivity index (χ4n) is 2.37. The summed E-state index contributed by atoms with van der Waals surface area (Å²) in [6, 6.07) is 4.28. The highest BCUT2D eigenvalue weighted by Gasteiger charge is 2.25. The summed E-state index contributed by atoms with van der Waals surface area (Å²) in [5.41, 5.74) is 0.407. The molecule has 1 aromatic rings. The molecule has 0 saturated carbocycles. The zero-order valence-corrected chi connectivity index (χ0v) is 15.0. The Morgan fingerprint density at radius 3 is 2.42 bits per heavy atom. The zero-order chi connectivity index (χ0) is 18.5. The molecule has 0 aliphatic rings. The van der Waals surface area contributed by atoms with Gasteiger partial charge in [-0.1, -0.05) is 19.9 Å². The van der Waals surface area contributed by atoms with Crippen molar-refractivity contribution in [1.82, 2.24) is 4.72 Å².